The summed E-state index contributed by atoms with van der Waals surface area (Å²) < 4.78 is 6.88. The number of carbonyl (C=O) groups is 1. The average molecular weight is 374 g/mol. The highest BCUT2D eigenvalue weighted by atomic mass is 79.9. The van der Waals surface area contributed by atoms with E-state index in [9.17, 15) is 4.79 Å². The van der Waals surface area contributed by atoms with Crippen LogP contribution in [0.1, 0.15) is 10.5 Å². The van der Waals surface area contributed by atoms with Gasteiger partial charge in [-0.1, -0.05) is 15.9 Å². The van der Waals surface area contributed by atoms with Crippen molar-refractivity contribution in [1.29, 1.82) is 0 Å². The third-order valence-corrected chi connectivity index (χ3v) is 3.25. The van der Waals surface area contributed by atoms with Crippen LogP contribution in [-0.2, 0) is 0 Å². The number of carbonyl (C=O) groups excluding carboxylic acids is 1. The fourth-order valence-electron chi connectivity index (χ4n) is 1.47. The Morgan fingerprint density at radius 2 is 2.06 bits per heavy atom. The van der Waals surface area contributed by atoms with Crippen LogP contribution in [0.3, 0.4) is 0 Å². The van der Waals surface area contributed by atoms with Gasteiger partial charge in [0.1, 0.15) is 11.4 Å². The molecule has 2 N–H and O–H groups in total. The molecule has 6 heteroatoms. The summed E-state index contributed by atoms with van der Waals surface area (Å²) in [6, 6.07) is 7.12. The molecule has 0 saturated heterocycles. The maximum absolute atomic E-state index is 12.0. The summed E-state index contributed by atoms with van der Waals surface area (Å²) in [5.41, 5.74) is 1.09. The number of hydrogen-bond acceptors (Lipinski definition) is 2. The zero-order valence-corrected chi connectivity index (χ0v) is 12.6. The first-order valence-electron chi connectivity index (χ1n) is 5.09. The Morgan fingerprint density at radius 3 is 2.67 bits per heavy atom. The number of aromatic amines is 1. The lowest BCUT2D eigenvalue weighted by molar-refractivity contribution is 0.102. The molecule has 0 radical (unpaired) electrons. The van der Waals surface area contributed by atoms with Gasteiger partial charge in [0.2, 0.25) is 0 Å². The molecule has 0 unspecified atom stereocenters. The fraction of sp³-hybridized carbons (Fsp3) is 0.0833. The lowest BCUT2D eigenvalue weighted by Gasteiger charge is -2.09. The Hall–Kier alpha value is -1.27. The third kappa shape index (κ3) is 2.94. The molecule has 0 bridgehead atoms. The van der Waals surface area contributed by atoms with Gasteiger partial charge < -0.3 is 15.0 Å². The van der Waals surface area contributed by atoms with E-state index in [1.807, 2.05) is 6.07 Å². The zero-order chi connectivity index (χ0) is 13.1. The van der Waals surface area contributed by atoms with Crippen molar-refractivity contribution >= 4 is 43.5 Å². The highest BCUT2D eigenvalue weighted by molar-refractivity contribution is 9.10. The van der Waals surface area contributed by atoms with Crippen LogP contribution in [0, 0.1) is 0 Å². The van der Waals surface area contributed by atoms with Crippen molar-refractivity contribution in [3.05, 3.63) is 45.1 Å². The van der Waals surface area contributed by atoms with Crippen LogP contribution in [-0.4, -0.2) is 18.0 Å². The normalized spacial score (nSPS) is 10.2. The van der Waals surface area contributed by atoms with Gasteiger partial charge in [-0.3, -0.25) is 4.79 Å². The van der Waals surface area contributed by atoms with Crippen molar-refractivity contribution in [2.24, 2.45) is 0 Å². The SMILES string of the molecule is COc1ccc(Br)cc1NC(=O)c1cc(Br)c[nH]1. The van der Waals surface area contributed by atoms with E-state index in [0.29, 0.717) is 17.1 Å². The van der Waals surface area contributed by atoms with Crippen LogP contribution in [0.2, 0.25) is 0 Å². The van der Waals surface area contributed by atoms with Crippen molar-refractivity contribution in [3.8, 4) is 5.75 Å². The van der Waals surface area contributed by atoms with Crippen LogP contribution in [0.5, 0.6) is 5.75 Å². The lowest BCUT2D eigenvalue weighted by atomic mass is 10.3. The minimum absolute atomic E-state index is 0.225. The number of nitrogens with one attached hydrogen (secondary N) is 2. The van der Waals surface area contributed by atoms with Crippen molar-refractivity contribution in [1.82, 2.24) is 4.98 Å². The highest BCUT2D eigenvalue weighted by Crippen LogP contribution is 2.28. The largest absolute Gasteiger partial charge is 0.495 e. The standard InChI is InChI=1S/C12H10Br2N2O2/c1-18-11-3-2-7(13)4-9(11)16-12(17)10-5-8(14)6-15-10/h2-6,15H,1H3,(H,16,17). The number of anilines is 1. The van der Waals surface area contributed by atoms with Crippen LogP contribution in [0.25, 0.3) is 0 Å². The van der Waals surface area contributed by atoms with Gasteiger partial charge in [-0.15, -0.1) is 0 Å². The molecular weight excluding hydrogens is 364 g/mol. The van der Waals surface area contributed by atoms with Gasteiger partial charge in [0.15, 0.2) is 0 Å². The molecule has 1 heterocycles. The molecule has 0 aliphatic rings. The molecule has 2 aromatic rings. The summed E-state index contributed by atoms with van der Waals surface area (Å²) in [5.74, 6) is 0.384. The summed E-state index contributed by atoms with van der Waals surface area (Å²) in [6.07, 6.45) is 1.70. The van der Waals surface area contributed by atoms with Gasteiger partial charge in [0.05, 0.1) is 12.8 Å². The van der Waals surface area contributed by atoms with Crippen molar-refractivity contribution in [3.63, 3.8) is 0 Å². The first kappa shape index (κ1) is 13.2. The Morgan fingerprint density at radius 1 is 1.28 bits per heavy atom. The van der Waals surface area contributed by atoms with Gasteiger partial charge in [0, 0.05) is 15.1 Å². The van der Waals surface area contributed by atoms with E-state index in [0.717, 1.165) is 8.95 Å². The predicted octanol–water partition coefficient (Wildman–Crippen LogP) is 3.80. The Kier molecular flexibility index (Phi) is 4.08. The van der Waals surface area contributed by atoms with Crippen molar-refractivity contribution in [2.45, 2.75) is 0 Å². The van der Waals surface area contributed by atoms with E-state index >= 15 is 0 Å². The van der Waals surface area contributed by atoms with Crippen molar-refractivity contribution < 1.29 is 9.53 Å². The first-order chi connectivity index (χ1) is 8.60. The fourth-order valence-corrected chi connectivity index (χ4v) is 2.17. The maximum atomic E-state index is 12.0. The molecule has 0 spiro atoms. The molecule has 0 fully saturated rings. The molecule has 2 rings (SSSR count). The van der Waals surface area contributed by atoms with Gasteiger partial charge in [-0.25, -0.2) is 0 Å². The minimum Gasteiger partial charge on any atom is -0.495 e. The van der Waals surface area contributed by atoms with Crippen LogP contribution in [0.15, 0.2) is 39.4 Å². The molecule has 1 aromatic heterocycles. The number of benzene rings is 1. The second-order valence-electron chi connectivity index (χ2n) is 3.53. The average Bonchev–Trinajstić information content (AvgIpc) is 2.76. The summed E-state index contributed by atoms with van der Waals surface area (Å²) >= 11 is 6.64. The summed E-state index contributed by atoms with van der Waals surface area (Å²) in [5, 5.41) is 2.79. The van der Waals surface area contributed by atoms with Gasteiger partial charge in [-0.05, 0) is 40.2 Å². The predicted molar refractivity (Wildman–Crippen MR) is 77.1 cm³/mol. The highest BCUT2D eigenvalue weighted by Gasteiger charge is 2.11. The molecule has 0 saturated carbocycles. The lowest BCUT2D eigenvalue weighted by Crippen LogP contribution is -2.12. The molecular formula is C12H10Br2N2O2. The number of rotatable bonds is 3. The summed E-state index contributed by atoms with van der Waals surface area (Å²) in [7, 11) is 1.56. The smallest absolute Gasteiger partial charge is 0.272 e. The summed E-state index contributed by atoms with van der Waals surface area (Å²) in [6.45, 7) is 0. The van der Waals surface area contributed by atoms with Crippen LogP contribution < -0.4 is 10.1 Å². The number of H-pyrrole nitrogens is 1. The summed E-state index contributed by atoms with van der Waals surface area (Å²) in [4.78, 5) is 14.8. The molecule has 1 aromatic carbocycles. The first-order valence-corrected chi connectivity index (χ1v) is 6.67. The van der Waals surface area contributed by atoms with Crippen molar-refractivity contribution in [2.75, 3.05) is 12.4 Å². The van der Waals surface area contributed by atoms with E-state index in [4.69, 9.17) is 4.74 Å². The zero-order valence-electron chi connectivity index (χ0n) is 9.46. The molecule has 4 nitrogen and oxygen atoms in total. The number of aromatic nitrogens is 1. The maximum Gasteiger partial charge on any atom is 0.272 e. The number of ether oxygens (including phenoxy) is 1. The molecule has 0 atom stereocenters. The molecule has 0 aliphatic carbocycles. The van der Waals surface area contributed by atoms with E-state index in [2.05, 4.69) is 42.2 Å². The number of hydrogen-bond donors (Lipinski definition) is 2. The Bertz CT molecular complexity index is 581. The van der Waals surface area contributed by atoms with Gasteiger partial charge in [-0.2, -0.15) is 0 Å². The van der Waals surface area contributed by atoms with Gasteiger partial charge >= 0.3 is 0 Å². The van der Waals surface area contributed by atoms with E-state index in [1.54, 1.807) is 31.5 Å². The van der Waals surface area contributed by atoms with Crippen LogP contribution in [0.4, 0.5) is 5.69 Å². The third-order valence-electron chi connectivity index (χ3n) is 2.30. The molecule has 18 heavy (non-hydrogen) atoms. The molecule has 1 amide bonds. The molecule has 94 valence electrons. The number of methoxy groups -OCH3 is 1. The second-order valence-corrected chi connectivity index (χ2v) is 5.36. The second kappa shape index (κ2) is 5.58. The van der Waals surface area contributed by atoms with Gasteiger partial charge in [0.25, 0.3) is 5.91 Å². The minimum atomic E-state index is -0.225. The van der Waals surface area contributed by atoms with E-state index < -0.39 is 0 Å². The van der Waals surface area contributed by atoms with Crippen LogP contribution >= 0.6 is 31.9 Å². The topological polar surface area (TPSA) is 54.1 Å². The number of amides is 1. The number of halogens is 2. The van der Waals surface area contributed by atoms with E-state index in [1.165, 1.54) is 0 Å². The van der Waals surface area contributed by atoms with E-state index in [-0.39, 0.29) is 5.91 Å². The molecule has 0 aliphatic heterocycles. The monoisotopic (exact) mass is 372 g/mol. The Balaban J connectivity index is 2.23. The quantitative estimate of drug-likeness (QED) is 0.859. The Labute approximate surface area is 121 Å².